The average molecular weight is 311 g/mol. The summed E-state index contributed by atoms with van der Waals surface area (Å²) in [4.78, 5) is 16.2. The third kappa shape index (κ3) is 3.81. The minimum Gasteiger partial charge on any atom is -0.322 e. The van der Waals surface area contributed by atoms with Gasteiger partial charge < -0.3 is 11.1 Å². The van der Waals surface area contributed by atoms with Crippen molar-refractivity contribution in [1.82, 2.24) is 15.2 Å². The Labute approximate surface area is 125 Å². The van der Waals surface area contributed by atoms with E-state index in [2.05, 4.69) is 20.5 Å². The van der Waals surface area contributed by atoms with E-state index >= 15 is 0 Å². The van der Waals surface area contributed by atoms with Crippen LogP contribution in [0.1, 0.15) is 48.4 Å². The second-order valence-electron chi connectivity index (χ2n) is 4.79. The largest absolute Gasteiger partial charge is 0.322 e. The number of thiazole rings is 1. The van der Waals surface area contributed by atoms with Crippen molar-refractivity contribution in [2.24, 2.45) is 5.73 Å². The fourth-order valence-corrected chi connectivity index (χ4v) is 3.00. The Morgan fingerprint density at radius 2 is 2.10 bits per heavy atom. The van der Waals surface area contributed by atoms with Crippen molar-refractivity contribution in [3.63, 3.8) is 0 Å². The lowest BCUT2D eigenvalue weighted by Crippen LogP contribution is -2.14. The van der Waals surface area contributed by atoms with Crippen LogP contribution in [0.3, 0.4) is 0 Å². The zero-order valence-corrected chi connectivity index (χ0v) is 13.2. The summed E-state index contributed by atoms with van der Waals surface area (Å²) in [6, 6.07) is -0.103. The first-order chi connectivity index (χ1) is 9.45. The second-order valence-corrected chi connectivity index (χ2v) is 6.69. The molecule has 8 heteroatoms. The zero-order chi connectivity index (χ0) is 14.7. The molecule has 0 aliphatic rings. The third-order valence-corrected chi connectivity index (χ3v) is 4.72. The lowest BCUT2D eigenvalue weighted by atomic mass is 10.2. The van der Waals surface area contributed by atoms with E-state index in [0.29, 0.717) is 11.0 Å². The lowest BCUT2D eigenvalue weighted by Gasteiger charge is -1.99. The molecule has 0 aromatic carbocycles. The maximum atomic E-state index is 11.9. The fourth-order valence-electron chi connectivity index (χ4n) is 1.46. The third-order valence-electron chi connectivity index (χ3n) is 2.48. The van der Waals surface area contributed by atoms with Gasteiger partial charge in [0.1, 0.15) is 10.0 Å². The smallest absolute Gasteiger partial charge is 0.232 e. The van der Waals surface area contributed by atoms with Crippen LogP contribution in [0.4, 0.5) is 5.13 Å². The van der Waals surface area contributed by atoms with Gasteiger partial charge in [-0.25, -0.2) is 4.98 Å². The number of nitrogens with one attached hydrogen (secondary N) is 1. The van der Waals surface area contributed by atoms with Gasteiger partial charge in [-0.1, -0.05) is 25.2 Å². The lowest BCUT2D eigenvalue weighted by molar-refractivity contribution is -0.115. The van der Waals surface area contributed by atoms with Gasteiger partial charge in [-0.15, -0.1) is 21.5 Å². The van der Waals surface area contributed by atoms with Gasteiger partial charge in [0.2, 0.25) is 11.0 Å². The number of carbonyl (C=O) groups excluding carboxylic acids is 1. The fraction of sp³-hybridized carbons (Fsp3) is 0.500. The van der Waals surface area contributed by atoms with Gasteiger partial charge in [-0.05, 0) is 6.92 Å². The van der Waals surface area contributed by atoms with Crippen molar-refractivity contribution in [2.75, 3.05) is 5.32 Å². The van der Waals surface area contributed by atoms with Crippen molar-refractivity contribution in [2.45, 2.75) is 39.2 Å². The van der Waals surface area contributed by atoms with E-state index < -0.39 is 0 Å². The SMILES string of the molecule is CC(C)c1nnc(NC(=O)Cc2csc(C(C)N)n2)s1. The number of carbonyl (C=O) groups is 1. The number of nitrogens with two attached hydrogens (primary N) is 1. The maximum Gasteiger partial charge on any atom is 0.232 e. The molecule has 0 radical (unpaired) electrons. The van der Waals surface area contributed by atoms with Gasteiger partial charge in [-0.2, -0.15) is 0 Å². The highest BCUT2D eigenvalue weighted by Crippen LogP contribution is 2.22. The van der Waals surface area contributed by atoms with Gasteiger partial charge in [-0.3, -0.25) is 4.79 Å². The van der Waals surface area contributed by atoms with Gasteiger partial charge in [0.05, 0.1) is 18.2 Å². The monoisotopic (exact) mass is 311 g/mol. The Balaban J connectivity index is 1.94. The van der Waals surface area contributed by atoms with E-state index in [1.165, 1.54) is 22.7 Å². The highest BCUT2D eigenvalue weighted by molar-refractivity contribution is 7.15. The van der Waals surface area contributed by atoms with Crippen molar-refractivity contribution in [3.05, 3.63) is 21.1 Å². The normalized spacial score (nSPS) is 12.7. The Kier molecular flexibility index (Phi) is 4.79. The molecule has 0 bridgehead atoms. The number of aromatic nitrogens is 3. The van der Waals surface area contributed by atoms with Crippen LogP contribution in [-0.2, 0) is 11.2 Å². The Morgan fingerprint density at radius 1 is 1.35 bits per heavy atom. The molecule has 1 unspecified atom stereocenters. The molecule has 1 amide bonds. The predicted octanol–water partition coefficient (Wildman–Crippen LogP) is 2.32. The molecule has 1 atom stereocenters. The molecule has 0 aliphatic heterocycles. The molecule has 0 aliphatic carbocycles. The number of nitrogens with zero attached hydrogens (tertiary/aromatic N) is 3. The zero-order valence-electron chi connectivity index (χ0n) is 11.6. The summed E-state index contributed by atoms with van der Waals surface area (Å²) in [5.74, 6) is 0.170. The topological polar surface area (TPSA) is 93.8 Å². The van der Waals surface area contributed by atoms with E-state index in [1.54, 1.807) is 0 Å². The van der Waals surface area contributed by atoms with Crippen LogP contribution in [0.2, 0.25) is 0 Å². The highest BCUT2D eigenvalue weighted by Gasteiger charge is 2.13. The molecule has 2 rings (SSSR count). The molecular weight excluding hydrogens is 294 g/mol. The van der Waals surface area contributed by atoms with E-state index in [9.17, 15) is 4.79 Å². The summed E-state index contributed by atoms with van der Waals surface area (Å²) in [5, 5.41) is 14.9. The Morgan fingerprint density at radius 3 is 2.65 bits per heavy atom. The summed E-state index contributed by atoms with van der Waals surface area (Å²) in [6.07, 6.45) is 0.222. The summed E-state index contributed by atoms with van der Waals surface area (Å²) in [6.45, 7) is 5.95. The summed E-state index contributed by atoms with van der Waals surface area (Å²) >= 11 is 2.87. The molecule has 2 aromatic heterocycles. The Hall–Kier alpha value is -1.38. The first-order valence-corrected chi connectivity index (χ1v) is 7.98. The van der Waals surface area contributed by atoms with Crippen molar-refractivity contribution in [1.29, 1.82) is 0 Å². The van der Waals surface area contributed by atoms with E-state index in [-0.39, 0.29) is 18.4 Å². The molecule has 2 heterocycles. The van der Waals surface area contributed by atoms with Gasteiger partial charge in [0, 0.05) is 11.3 Å². The van der Waals surface area contributed by atoms with E-state index in [1.807, 2.05) is 26.2 Å². The van der Waals surface area contributed by atoms with Crippen LogP contribution < -0.4 is 11.1 Å². The molecule has 3 N–H and O–H groups in total. The van der Waals surface area contributed by atoms with Crippen molar-refractivity contribution < 1.29 is 4.79 Å². The van der Waals surface area contributed by atoms with Crippen LogP contribution in [0.15, 0.2) is 5.38 Å². The molecule has 108 valence electrons. The van der Waals surface area contributed by atoms with E-state index in [0.717, 1.165) is 15.7 Å². The number of hydrogen-bond acceptors (Lipinski definition) is 7. The first-order valence-electron chi connectivity index (χ1n) is 6.29. The molecule has 0 saturated heterocycles. The molecule has 0 spiro atoms. The molecular formula is C12H17N5OS2. The number of anilines is 1. The predicted molar refractivity (Wildman–Crippen MR) is 81.0 cm³/mol. The molecule has 2 aromatic rings. The van der Waals surface area contributed by atoms with Crippen LogP contribution in [-0.4, -0.2) is 21.1 Å². The minimum absolute atomic E-state index is 0.103. The molecule has 0 fully saturated rings. The van der Waals surface area contributed by atoms with Crippen molar-refractivity contribution >= 4 is 33.7 Å². The minimum atomic E-state index is -0.141. The number of amides is 1. The van der Waals surface area contributed by atoms with E-state index in [4.69, 9.17) is 5.73 Å². The van der Waals surface area contributed by atoms with Gasteiger partial charge in [0.15, 0.2) is 0 Å². The summed E-state index contributed by atoms with van der Waals surface area (Å²) in [5.41, 5.74) is 6.47. The molecule has 0 saturated carbocycles. The second kappa shape index (κ2) is 6.38. The molecule has 20 heavy (non-hydrogen) atoms. The maximum absolute atomic E-state index is 11.9. The van der Waals surface area contributed by atoms with Gasteiger partial charge in [0.25, 0.3) is 0 Å². The first kappa shape index (κ1) is 15.0. The molecule has 6 nitrogen and oxygen atoms in total. The van der Waals surface area contributed by atoms with Crippen molar-refractivity contribution in [3.8, 4) is 0 Å². The quantitative estimate of drug-likeness (QED) is 0.883. The van der Waals surface area contributed by atoms with Gasteiger partial charge >= 0.3 is 0 Å². The Bertz CT molecular complexity index is 540. The average Bonchev–Trinajstić information content (AvgIpc) is 2.98. The number of rotatable bonds is 5. The summed E-state index contributed by atoms with van der Waals surface area (Å²) < 4.78 is 0. The highest BCUT2D eigenvalue weighted by atomic mass is 32.1. The van der Waals surface area contributed by atoms with Crippen LogP contribution in [0.25, 0.3) is 0 Å². The standard InChI is InChI=1S/C12H17N5OS2/c1-6(2)10-16-17-12(20-10)15-9(18)4-8-5-19-11(14-8)7(3)13/h5-7H,4,13H2,1-3H3,(H,15,17,18). The summed E-state index contributed by atoms with van der Waals surface area (Å²) in [7, 11) is 0. The van der Waals surface area contributed by atoms with Crippen LogP contribution in [0.5, 0.6) is 0 Å². The van der Waals surface area contributed by atoms with Crippen LogP contribution >= 0.6 is 22.7 Å². The number of hydrogen-bond donors (Lipinski definition) is 2. The van der Waals surface area contributed by atoms with Crippen LogP contribution in [0, 0.1) is 0 Å².